The second-order valence-corrected chi connectivity index (χ2v) is 7.32. The second-order valence-electron chi connectivity index (χ2n) is 7.32. The normalized spacial score (nSPS) is 14.2. The molecule has 1 aliphatic rings. The van der Waals surface area contributed by atoms with Gasteiger partial charge in [-0.3, -0.25) is 4.90 Å². The number of ether oxygens (including phenoxy) is 2. The van der Waals surface area contributed by atoms with Gasteiger partial charge in [-0.25, -0.2) is 4.79 Å². The molecule has 5 heteroatoms. The molecule has 2 aromatic carbocycles. The van der Waals surface area contributed by atoms with E-state index in [4.69, 9.17) is 13.9 Å². The zero-order valence-electron chi connectivity index (χ0n) is 15.8. The van der Waals surface area contributed by atoms with Crippen LogP contribution in [0.15, 0.2) is 51.7 Å². The van der Waals surface area contributed by atoms with Gasteiger partial charge in [-0.1, -0.05) is 26.0 Å². The largest absolute Gasteiger partial charge is 0.497 e. The summed E-state index contributed by atoms with van der Waals surface area (Å²) in [5.74, 6) is 2.09. The maximum absolute atomic E-state index is 12.7. The minimum atomic E-state index is -0.345. The SMILES string of the molecule is COc1ccc(-c2cc3ccc4c(c3oc2=O)CN(CC(C)C)CO4)cc1. The van der Waals surface area contributed by atoms with Crippen molar-refractivity contribution in [2.45, 2.75) is 20.4 Å². The standard InChI is InChI=1S/C22H23NO4/c1-14(2)11-23-12-19-20(26-13-23)9-6-16-10-18(22(24)27-21(16)19)15-4-7-17(25-3)8-5-15/h4-10,14H,11-13H2,1-3H3. The van der Waals surface area contributed by atoms with Gasteiger partial charge in [0.1, 0.15) is 23.8 Å². The lowest BCUT2D eigenvalue weighted by Gasteiger charge is -2.30. The summed E-state index contributed by atoms with van der Waals surface area (Å²) in [6.45, 7) is 6.57. The zero-order chi connectivity index (χ0) is 19.0. The molecule has 2 heterocycles. The Hall–Kier alpha value is -2.79. The summed E-state index contributed by atoms with van der Waals surface area (Å²) in [5.41, 5.74) is 2.56. The van der Waals surface area contributed by atoms with Crippen molar-refractivity contribution >= 4 is 11.0 Å². The van der Waals surface area contributed by atoms with Crippen LogP contribution in [0.25, 0.3) is 22.1 Å². The molecule has 1 aromatic heterocycles. The monoisotopic (exact) mass is 365 g/mol. The van der Waals surface area contributed by atoms with Crippen LogP contribution in [0, 0.1) is 5.92 Å². The molecule has 0 unspecified atom stereocenters. The van der Waals surface area contributed by atoms with E-state index in [0.29, 0.717) is 23.8 Å². The molecule has 1 aliphatic heterocycles. The summed E-state index contributed by atoms with van der Waals surface area (Å²) in [7, 11) is 1.62. The van der Waals surface area contributed by atoms with Crippen molar-refractivity contribution < 1.29 is 13.9 Å². The van der Waals surface area contributed by atoms with Crippen LogP contribution in [0.3, 0.4) is 0 Å². The Labute approximate surface area is 158 Å². The van der Waals surface area contributed by atoms with E-state index >= 15 is 0 Å². The van der Waals surface area contributed by atoms with Gasteiger partial charge in [0.05, 0.1) is 18.2 Å². The smallest absolute Gasteiger partial charge is 0.344 e. The van der Waals surface area contributed by atoms with Crippen LogP contribution >= 0.6 is 0 Å². The van der Waals surface area contributed by atoms with E-state index < -0.39 is 0 Å². The van der Waals surface area contributed by atoms with E-state index in [1.165, 1.54) is 0 Å². The zero-order valence-corrected chi connectivity index (χ0v) is 15.8. The molecule has 0 saturated heterocycles. The number of rotatable bonds is 4. The maximum Gasteiger partial charge on any atom is 0.344 e. The van der Waals surface area contributed by atoms with Crippen molar-refractivity contribution in [2.75, 3.05) is 20.4 Å². The van der Waals surface area contributed by atoms with Crippen LogP contribution in [-0.2, 0) is 6.54 Å². The molecular formula is C22H23NO4. The summed E-state index contributed by atoms with van der Waals surface area (Å²) in [6.07, 6.45) is 0. The first-order valence-electron chi connectivity index (χ1n) is 9.14. The second kappa shape index (κ2) is 7.08. The molecule has 27 heavy (non-hydrogen) atoms. The molecule has 0 saturated carbocycles. The van der Waals surface area contributed by atoms with Gasteiger partial charge < -0.3 is 13.9 Å². The van der Waals surface area contributed by atoms with E-state index in [1.807, 2.05) is 42.5 Å². The topological polar surface area (TPSA) is 51.9 Å². The molecule has 0 spiro atoms. The Morgan fingerprint density at radius 3 is 2.63 bits per heavy atom. The lowest BCUT2D eigenvalue weighted by molar-refractivity contribution is 0.0848. The van der Waals surface area contributed by atoms with Gasteiger partial charge in [0, 0.05) is 18.5 Å². The van der Waals surface area contributed by atoms with Gasteiger partial charge in [0.15, 0.2) is 0 Å². The van der Waals surface area contributed by atoms with Gasteiger partial charge >= 0.3 is 5.63 Å². The van der Waals surface area contributed by atoms with Crippen LogP contribution in [-0.4, -0.2) is 25.3 Å². The fourth-order valence-corrected chi connectivity index (χ4v) is 3.54. The van der Waals surface area contributed by atoms with E-state index in [1.54, 1.807) is 7.11 Å². The quantitative estimate of drug-likeness (QED) is 0.646. The first-order chi connectivity index (χ1) is 13.0. The van der Waals surface area contributed by atoms with E-state index in [0.717, 1.165) is 41.1 Å². The van der Waals surface area contributed by atoms with Gasteiger partial charge in [0.2, 0.25) is 0 Å². The first kappa shape index (κ1) is 17.6. The van der Waals surface area contributed by atoms with E-state index in [9.17, 15) is 4.79 Å². The predicted octanol–water partition coefficient (Wildman–Crippen LogP) is 4.28. The van der Waals surface area contributed by atoms with E-state index in [-0.39, 0.29) is 5.63 Å². The molecule has 5 nitrogen and oxygen atoms in total. The average Bonchev–Trinajstić information content (AvgIpc) is 2.67. The summed E-state index contributed by atoms with van der Waals surface area (Å²) in [4.78, 5) is 14.9. The number of hydrogen-bond acceptors (Lipinski definition) is 5. The molecule has 0 bridgehead atoms. The summed E-state index contributed by atoms with van der Waals surface area (Å²) in [6, 6.07) is 13.2. The van der Waals surface area contributed by atoms with Crippen molar-refractivity contribution in [1.82, 2.24) is 4.90 Å². The summed E-state index contributed by atoms with van der Waals surface area (Å²) < 4.78 is 16.8. The van der Waals surface area contributed by atoms with Crippen LogP contribution in [0.2, 0.25) is 0 Å². The van der Waals surface area contributed by atoms with Crippen LogP contribution in [0.1, 0.15) is 19.4 Å². The third-order valence-corrected chi connectivity index (χ3v) is 4.77. The highest BCUT2D eigenvalue weighted by molar-refractivity contribution is 5.86. The maximum atomic E-state index is 12.7. The lowest BCUT2D eigenvalue weighted by atomic mass is 10.0. The third-order valence-electron chi connectivity index (χ3n) is 4.77. The molecule has 0 fully saturated rings. The molecule has 0 N–H and O–H groups in total. The minimum Gasteiger partial charge on any atom is -0.497 e. The Bertz CT molecular complexity index is 1020. The van der Waals surface area contributed by atoms with Crippen molar-refractivity contribution in [1.29, 1.82) is 0 Å². The Balaban J connectivity index is 1.77. The number of benzene rings is 2. The Kier molecular flexibility index (Phi) is 4.62. The number of fused-ring (bicyclic) bond motifs is 3. The van der Waals surface area contributed by atoms with Crippen LogP contribution in [0.4, 0.5) is 0 Å². The number of nitrogens with zero attached hydrogens (tertiary/aromatic N) is 1. The summed E-state index contributed by atoms with van der Waals surface area (Å²) >= 11 is 0. The molecule has 0 atom stereocenters. The van der Waals surface area contributed by atoms with E-state index in [2.05, 4.69) is 18.7 Å². The number of hydrogen-bond donors (Lipinski definition) is 0. The Morgan fingerprint density at radius 1 is 1.15 bits per heavy atom. The van der Waals surface area contributed by atoms with Crippen LogP contribution in [0.5, 0.6) is 11.5 Å². The molecule has 140 valence electrons. The number of methoxy groups -OCH3 is 1. The molecule has 3 aromatic rings. The molecule has 0 aliphatic carbocycles. The first-order valence-corrected chi connectivity index (χ1v) is 9.14. The predicted molar refractivity (Wildman–Crippen MR) is 105 cm³/mol. The van der Waals surface area contributed by atoms with Gasteiger partial charge in [-0.15, -0.1) is 0 Å². The van der Waals surface area contributed by atoms with Gasteiger partial charge in [-0.2, -0.15) is 0 Å². The lowest BCUT2D eigenvalue weighted by Crippen LogP contribution is -2.34. The molecular weight excluding hydrogens is 342 g/mol. The molecule has 0 radical (unpaired) electrons. The Morgan fingerprint density at radius 2 is 1.93 bits per heavy atom. The highest BCUT2D eigenvalue weighted by atomic mass is 16.5. The van der Waals surface area contributed by atoms with Gasteiger partial charge in [-0.05, 0) is 41.8 Å². The molecule has 0 amide bonds. The van der Waals surface area contributed by atoms with Crippen LogP contribution < -0.4 is 15.1 Å². The fraction of sp³-hybridized carbons (Fsp3) is 0.318. The van der Waals surface area contributed by atoms with Crippen molar-refractivity contribution in [3.05, 3.63) is 58.4 Å². The van der Waals surface area contributed by atoms with Crippen molar-refractivity contribution in [3.8, 4) is 22.6 Å². The average molecular weight is 365 g/mol. The summed E-state index contributed by atoms with van der Waals surface area (Å²) in [5, 5.41) is 0.897. The minimum absolute atomic E-state index is 0.345. The fourth-order valence-electron chi connectivity index (χ4n) is 3.54. The highest BCUT2D eigenvalue weighted by Gasteiger charge is 2.22. The van der Waals surface area contributed by atoms with Crippen molar-refractivity contribution in [3.63, 3.8) is 0 Å². The highest BCUT2D eigenvalue weighted by Crippen LogP contribution is 2.33. The molecule has 4 rings (SSSR count). The van der Waals surface area contributed by atoms with Crippen molar-refractivity contribution in [2.24, 2.45) is 5.92 Å². The van der Waals surface area contributed by atoms with Gasteiger partial charge in [0.25, 0.3) is 0 Å². The third kappa shape index (κ3) is 3.43.